The summed E-state index contributed by atoms with van der Waals surface area (Å²) < 4.78 is 0. The van der Waals surface area contributed by atoms with Gasteiger partial charge in [0.1, 0.15) is 6.04 Å². The fourth-order valence-corrected chi connectivity index (χ4v) is 3.57. The molecular weight excluding hydrogens is 308 g/mol. The molecule has 1 atom stereocenters. The van der Waals surface area contributed by atoms with Crippen LogP contribution in [0.4, 0.5) is 0 Å². The fourth-order valence-electron chi connectivity index (χ4n) is 2.87. The smallest absolute Gasteiger partial charge is 0.242 e. The molecule has 0 bridgehead atoms. The van der Waals surface area contributed by atoms with Gasteiger partial charge in [0.2, 0.25) is 11.8 Å². The van der Waals surface area contributed by atoms with Crippen LogP contribution in [-0.2, 0) is 22.6 Å². The van der Waals surface area contributed by atoms with Crippen molar-refractivity contribution < 1.29 is 9.59 Å². The molecule has 4 nitrogen and oxygen atoms in total. The van der Waals surface area contributed by atoms with Gasteiger partial charge in [-0.25, -0.2) is 0 Å². The quantitative estimate of drug-likeness (QED) is 0.886. The minimum atomic E-state index is -0.333. The van der Waals surface area contributed by atoms with E-state index >= 15 is 0 Å². The van der Waals surface area contributed by atoms with E-state index < -0.39 is 0 Å². The number of carbonyl (C=O) groups excluding carboxylic acids is 2. The van der Waals surface area contributed by atoms with Crippen LogP contribution in [0.15, 0.2) is 47.8 Å². The minimum Gasteiger partial charge on any atom is -0.354 e. The Balaban J connectivity index is 1.54. The molecule has 2 aromatic rings. The maximum absolute atomic E-state index is 12.4. The highest BCUT2D eigenvalue weighted by Crippen LogP contribution is 2.23. The molecule has 2 heterocycles. The molecule has 5 heteroatoms. The second-order valence-electron chi connectivity index (χ2n) is 5.68. The number of nitrogens with zero attached hydrogens (tertiary/aromatic N) is 1. The molecule has 3 rings (SSSR count). The van der Waals surface area contributed by atoms with Crippen LogP contribution in [-0.4, -0.2) is 29.3 Å². The van der Waals surface area contributed by atoms with E-state index in [1.165, 1.54) is 5.56 Å². The molecule has 1 aliphatic rings. The zero-order chi connectivity index (χ0) is 16.1. The van der Waals surface area contributed by atoms with Gasteiger partial charge < -0.3 is 10.2 Å². The topological polar surface area (TPSA) is 49.4 Å². The Hall–Kier alpha value is -2.14. The van der Waals surface area contributed by atoms with E-state index in [-0.39, 0.29) is 17.9 Å². The summed E-state index contributed by atoms with van der Waals surface area (Å²) >= 11 is 1.62. The maximum Gasteiger partial charge on any atom is 0.242 e. The maximum atomic E-state index is 12.4. The molecule has 0 saturated carbocycles. The zero-order valence-corrected chi connectivity index (χ0v) is 13.7. The van der Waals surface area contributed by atoms with Crippen LogP contribution in [0.1, 0.15) is 23.3 Å². The van der Waals surface area contributed by atoms with Crippen molar-refractivity contribution >= 4 is 23.2 Å². The van der Waals surface area contributed by atoms with Gasteiger partial charge in [-0.3, -0.25) is 9.59 Å². The minimum absolute atomic E-state index is 0.0386. The lowest BCUT2D eigenvalue weighted by atomic mass is 10.1. The summed E-state index contributed by atoms with van der Waals surface area (Å²) in [6.07, 6.45) is 1.88. The molecule has 1 aromatic carbocycles. The Bertz CT molecular complexity index is 655. The third kappa shape index (κ3) is 3.99. The first-order chi connectivity index (χ1) is 11.2. The number of hydrogen-bond donors (Lipinski definition) is 1. The predicted octanol–water partition coefficient (Wildman–Crippen LogP) is 2.60. The first kappa shape index (κ1) is 15.7. The van der Waals surface area contributed by atoms with E-state index in [0.29, 0.717) is 25.9 Å². The van der Waals surface area contributed by atoms with Gasteiger partial charge in [0, 0.05) is 17.8 Å². The van der Waals surface area contributed by atoms with Crippen molar-refractivity contribution in [3.8, 4) is 0 Å². The van der Waals surface area contributed by atoms with Gasteiger partial charge >= 0.3 is 0 Å². The standard InChI is InChI=1S/C18H20N2O2S/c21-17-9-8-16(20(17)13-15-7-4-12-23-15)18(22)19-11-10-14-5-2-1-3-6-14/h1-7,12,16H,8-11,13H2,(H,19,22)/t16-/m1/s1. The molecule has 0 spiro atoms. The molecule has 0 radical (unpaired) electrons. The van der Waals surface area contributed by atoms with Crippen molar-refractivity contribution in [2.45, 2.75) is 31.8 Å². The molecule has 1 saturated heterocycles. The summed E-state index contributed by atoms with van der Waals surface area (Å²) in [7, 11) is 0. The molecule has 1 fully saturated rings. The SMILES string of the molecule is O=C(NCCc1ccccc1)[C@H]1CCC(=O)N1Cc1cccs1. The Morgan fingerprint density at radius 1 is 1.22 bits per heavy atom. The third-order valence-electron chi connectivity index (χ3n) is 4.09. The number of nitrogens with one attached hydrogen (secondary N) is 1. The summed E-state index contributed by atoms with van der Waals surface area (Å²) in [5.41, 5.74) is 1.20. The van der Waals surface area contributed by atoms with Crippen LogP contribution in [0.3, 0.4) is 0 Å². The Morgan fingerprint density at radius 2 is 2.04 bits per heavy atom. The van der Waals surface area contributed by atoms with E-state index in [1.54, 1.807) is 16.2 Å². The summed E-state index contributed by atoms with van der Waals surface area (Å²) in [5, 5.41) is 4.96. The number of hydrogen-bond acceptors (Lipinski definition) is 3. The summed E-state index contributed by atoms with van der Waals surface area (Å²) in [6, 6.07) is 13.7. The Morgan fingerprint density at radius 3 is 2.78 bits per heavy atom. The van der Waals surface area contributed by atoms with Crippen molar-refractivity contribution in [3.63, 3.8) is 0 Å². The first-order valence-corrected chi connectivity index (χ1v) is 8.75. The second-order valence-corrected chi connectivity index (χ2v) is 6.71. The van der Waals surface area contributed by atoms with Crippen molar-refractivity contribution in [3.05, 3.63) is 58.3 Å². The van der Waals surface area contributed by atoms with Crippen LogP contribution in [0.2, 0.25) is 0 Å². The van der Waals surface area contributed by atoms with E-state index in [1.807, 2.05) is 47.8 Å². The lowest BCUT2D eigenvalue weighted by Crippen LogP contribution is -2.44. The van der Waals surface area contributed by atoms with E-state index in [9.17, 15) is 9.59 Å². The van der Waals surface area contributed by atoms with Crippen LogP contribution in [0.25, 0.3) is 0 Å². The average Bonchev–Trinajstić information content (AvgIpc) is 3.20. The molecule has 0 unspecified atom stereocenters. The van der Waals surface area contributed by atoms with Crippen molar-refractivity contribution in [2.75, 3.05) is 6.54 Å². The molecule has 1 N–H and O–H groups in total. The van der Waals surface area contributed by atoms with E-state index in [2.05, 4.69) is 5.32 Å². The normalized spacial score (nSPS) is 17.5. The van der Waals surface area contributed by atoms with Crippen LogP contribution >= 0.6 is 11.3 Å². The fraction of sp³-hybridized carbons (Fsp3) is 0.333. The van der Waals surface area contributed by atoms with Crippen molar-refractivity contribution in [1.82, 2.24) is 10.2 Å². The molecule has 1 aliphatic heterocycles. The number of amides is 2. The summed E-state index contributed by atoms with van der Waals surface area (Å²) in [6.45, 7) is 1.13. The number of likely N-dealkylation sites (tertiary alicyclic amines) is 1. The number of carbonyl (C=O) groups is 2. The molecular formula is C18H20N2O2S. The molecule has 23 heavy (non-hydrogen) atoms. The zero-order valence-electron chi connectivity index (χ0n) is 12.9. The monoisotopic (exact) mass is 328 g/mol. The van der Waals surface area contributed by atoms with Crippen LogP contribution < -0.4 is 5.32 Å². The number of thiophene rings is 1. The Kier molecular flexibility index (Phi) is 5.08. The lowest BCUT2D eigenvalue weighted by molar-refractivity contribution is -0.135. The van der Waals surface area contributed by atoms with Crippen LogP contribution in [0.5, 0.6) is 0 Å². The van der Waals surface area contributed by atoms with E-state index in [4.69, 9.17) is 0 Å². The molecule has 2 amide bonds. The van der Waals surface area contributed by atoms with Gasteiger partial charge in [0.25, 0.3) is 0 Å². The van der Waals surface area contributed by atoms with Crippen LogP contribution in [0, 0.1) is 0 Å². The van der Waals surface area contributed by atoms with E-state index in [0.717, 1.165) is 11.3 Å². The second kappa shape index (κ2) is 7.42. The lowest BCUT2D eigenvalue weighted by Gasteiger charge is -2.23. The first-order valence-electron chi connectivity index (χ1n) is 7.87. The van der Waals surface area contributed by atoms with Crippen molar-refractivity contribution in [1.29, 1.82) is 0 Å². The number of benzene rings is 1. The Labute approximate surface area is 140 Å². The van der Waals surface area contributed by atoms with Gasteiger partial charge in [-0.1, -0.05) is 36.4 Å². The number of rotatable bonds is 6. The van der Waals surface area contributed by atoms with Crippen molar-refractivity contribution in [2.24, 2.45) is 0 Å². The summed E-state index contributed by atoms with van der Waals surface area (Å²) in [4.78, 5) is 27.3. The van der Waals surface area contributed by atoms with Gasteiger partial charge in [-0.2, -0.15) is 0 Å². The van der Waals surface area contributed by atoms with Gasteiger partial charge in [-0.05, 0) is 29.9 Å². The molecule has 1 aromatic heterocycles. The van der Waals surface area contributed by atoms with Gasteiger partial charge in [0.05, 0.1) is 6.54 Å². The largest absolute Gasteiger partial charge is 0.354 e. The van der Waals surface area contributed by atoms with Gasteiger partial charge in [0.15, 0.2) is 0 Å². The molecule has 120 valence electrons. The third-order valence-corrected chi connectivity index (χ3v) is 4.95. The average molecular weight is 328 g/mol. The van der Waals surface area contributed by atoms with Gasteiger partial charge in [-0.15, -0.1) is 11.3 Å². The summed E-state index contributed by atoms with van der Waals surface area (Å²) in [5.74, 6) is 0.0324. The predicted molar refractivity (Wildman–Crippen MR) is 91.0 cm³/mol. The molecule has 0 aliphatic carbocycles. The highest BCUT2D eigenvalue weighted by atomic mass is 32.1. The highest BCUT2D eigenvalue weighted by Gasteiger charge is 2.35. The highest BCUT2D eigenvalue weighted by molar-refractivity contribution is 7.09.